The van der Waals surface area contributed by atoms with Crippen molar-refractivity contribution >= 4 is 11.2 Å². The molecule has 0 atom stereocenters. The van der Waals surface area contributed by atoms with Gasteiger partial charge in [-0.2, -0.15) is 18.7 Å². The Hall–Kier alpha value is -1.59. The van der Waals surface area contributed by atoms with Gasteiger partial charge in [0.1, 0.15) is 0 Å². The van der Waals surface area contributed by atoms with E-state index in [4.69, 9.17) is 0 Å². The van der Waals surface area contributed by atoms with Crippen LogP contribution < -0.4 is 0 Å². The summed E-state index contributed by atoms with van der Waals surface area (Å²) in [5.41, 5.74) is 0.138. The first-order valence-corrected chi connectivity index (χ1v) is 3.18. The van der Waals surface area contributed by atoms with Crippen LogP contribution in [0.1, 0.15) is 0 Å². The van der Waals surface area contributed by atoms with Crippen LogP contribution in [0.15, 0.2) is 6.33 Å². The summed E-state index contributed by atoms with van der Waals surface area (Å²) >= 11 is 0. The van der Waals surface area contributed by atoms with Gasteiger partial charge in [-0.1, -0.05) is 0 Å². The van der Waals surface area contributed by atoms with Crippen molar-refractivity contribution in [3.05, 3.63) is 18.4 Å². The summed E-state index contributed by atoms with van der Waals surface area (Å²) in [5.74, 6) is -0.932. The second kappa shape index (κ2) is 2.20. The van der Waals surface area contributed by atoms with E-state index in [0.29, 0.717) is 0 Å². The van der Waals surface area contributed by atoms with E-state index in [1.165, 1.54) is 10.9 Å². The van der Waals surface area contributed by atoms with E-state index < -0.39 is 12.0 Å². The maximum Gasteiger partial charge on any atom is 0.313 e. The molecule has 2 rings (SSSR count). The number of hydrogen-bond acceptors (Lipinski definition) is 3. The van der Waals surface area contributed by atoms with Gasteiger partial charge >= 0.3 is 6.08 Å². The Balaban J connectivity index is 2.92. The van der Waals surface area contributed by atoms with Gasteiger partial charge in [-0.3, -0.25) is 0 Å². The van der Waals surface area contributed by atoms with Crippen LogP contribution in [0, 0.1) is 12.0 Å². The lowest BCUT2D eigenvalue weighted by Crippen LogP contribution is -1.97. The van der Waals surface area contributed by atoms with Gasteiger partial charge in [0.25, 0.3) is 0 Å². The molecule has 0 fully saturated rings. The summed E-state index contributed by atoms with van der Waals surface area (Å²) in [6.07, 6.45) is 0.269. The van der Waals surface area contributed by atoms with Crippen LogP contribution in [-0.2, 0) is 7.05 Å². The molecule has 2 heterocycles. The summed E-state index contributed by atoms with van der Waals surface area (Å²) in [6.45, 7) is 0. The zero-order chi connectivity index (χ0) is 8.72. The lowest BCUT2D eigenvalue weighted by molar-refractivity contribution is 0.491. The Kier molecular flexibility index (Phi) is 1.30. The number of nitrogens with zero attached hydrogens (tertiary/aromatic N) is 4. The van der Waals surface area contributed by atoms with Crippen molar-refractivity contribution in [3.8, 4) is 0 Å². The molecule has 0 aliphatic carbocycles. The third-order valence-electron chi connectivity index (χ3n) is 1.49. The van der Waals surface area contributed by atoms with Crippen LogP contribution in [0.2, 0.25) is 0 Å². The van der Waals surface area contributed by atoms with Crippen molar-refractivity contribution in [1.29, 1.82) is 0 Å². The van der Waals surface area contributed by atoms with Gasteiger partial charge in [-0.25, -0.2) is 4.98 Å². The molecule has 0 saturated heterocycles. The van der Waals surface area contributed by atoms with Crippen molar-refractivity contribution in [3.63, 3.8) is 0 Å². The van der Waals surface area contributed by atoms with Crippen molar-refractivity contribution in [1.82, 2.24) is 19.5 Å². The summed E-state index contributed by atoms with van der Waals surface area (Å²) in [7, 11) is 1.60. The van der Waals surface area contributed by atoms with E-state index >= 15 is 0 Å². The van der Waals surface area contributed by atoms with Gasteiger partial charge in [0.05, 0.1) is 6.33 Å². The number of halogens is 2. The van der Waals surface area contributed by atoms with Crippen molar-refractivity contribution < 1.29 is 8.78 Å². The van der Waals surface area contributed by atoms with Crippen LogP contribution in [-0.4, -0.2) is 19.5 Å². The van der Waals surface area contributed by atoms with Crippen LogP contribution in [0.25, 0.3) is 11.2 Å². The molecule has 0 aromatic carbocycles. The average molecular weight is 170 g/mol. The summed E-state index contributed by atoms with van der Waals surface area (Å²) in [5, 5.41) is 0. The van der Waals surface area contributed by atoms with Gasteiger partial charge in [0.2, 0.25) is 5.95 Å². The lowest BCUT2D eigenvalue weighted by atomic mass is 10.5. The molecular weight excluding hydrogens is 166 g/mol. The molecule has 0 N–H and O–H groups in total. The number of imidazole rings is 1. The van der Waals surface area contributed by atoms with Gasteiger partial charge in [0.15, 0.2) is 11.2 Å². The smallest absolute Gasteiger partial charge is 0.313 e. The van der Waals surface area contributed by atoms with E-state index in [0.717, 1.165) is 0 Å². The maximum absolute atomic E-state index is 12.8. The van der Waals surface area contributed by atoms with E-state index in [2.05, 4.69) is 15.0 Å². The highest BCUT2D eigenvalue weighted by Gasteiger charge is 2.10. The standard InChI is InChI=1S/C6H4F2N4/c1-12-2-9-3-4(7)10-6(8)11-5(3)12/h2H,1H3. The quantitative estimate of drug-likeness (QED) is 0.430. The van der Waals surface area contributed by atoms with E-state index in [-0.39, 0.29) is 11.2 Å². The van der Waals surface area contributed by atoms with Gasteiger partial charge < -0.3 is 4.57 Å². The molecule has 12 heavy (non-hydrogen) atoms. The maximum atomic E-state index is 12.8. The molecule has 0 radical (unpaired) electrons. The molecule has 0 amide bonds. The zero-order valence-electron chi connectivity index (χ0n) is 6.12. The molecule has 0 saturated carbocycles. The number of fused-ring (bicyclic) bond motifs is 1. The zero-order valence-corrected chi connectivity index (χ0v) is 6.12. The fourth-order valence-corrected chi connectivity index (χ4v) is 0.947. The number of hydrogen-bond donors (Lipinski definition) is 0. The second-order valence-electron chi connectivity index (χ2n) is 2.31. The van der Waals surface area contributed by atoms with Crippen molar-refractivity contribution in [2.45, 2.75) is 0 Å². The molecule has 0 unspecified atom stereocenters. The molecule has 2 aromatic rings. The van der Waals surface area contributed by atoms with Crippen LogP contribution in [0.5, 0.6) is 0 Å². The van der Waals surface area contributed by atoms with Crippen LogP contribution >= 0.6 is 0 Å². The Morgan fingerprint density at radius 2 is 2.08 bits per heavy atom. The number of aryl methyl sites for hydroxylation is 1. The molecule has 2 aromatic heterocycles. The molecular formula is C6H4F2N4. The average Bonchev–Trinajstić information content (AvgIpc) is 2.33. The highest BCUT2D eigenvalue weighted by molar-refractivity contribution is 5.69. The molecule has 0 bridgehead atoms. The van der Waals surface area contributed by atoms with Gasteiger partial charge in [-0.05, 0) is 0 Å². The third-order valence-corrected chi connectivity index (χ3v) is 1.49. The minimum absolute atomic E-state index is 0.0149. The van der Waals surface area contributed by atoms with Crippen LogP contribution in [0.4, 0.5) is 8.78 Å². The largest absolute Gasteiger partial charge is 0.318 e. The Bertz CT molecular complexity index is 436. The fourth-order valence-electron chi connectivity index (χ4n) is 0.947. The monoisotopic (exact) mass is 170 g/mol. The minimum Gasteiger partial charge on any atom is -0.318 e. The first kappa shape index (κ1) is 7.08. The number of aromatic nitrogens is 4. The minimum atomic E-state index is -1.08. The van der Waals surface area contributed by atoms with E-state index in [1.54, 1.807) is 7.05 Å². The summed E-state index contributed by atoms with van der Waals surface area (Å²) < 4.78 is 26.7. The summed E-state index contributed by atoms with van der Waals surface area (Å²) in [6, 6.07) is 0. The second-order valence-corrected chi connectivity index (χ2v) is 2.31. The molecule has 6 heteroatoms. The van der Waals surface area contributed by atoms with Crippen LogP contribution in [0.3, 0.4) is 0 Å². The molecule has 62 valence electrons. The fraction of sp³-hybridized carbons (Fsp3) is 0.167. The molecule has 0 aliphatic rings. The molecule has 0 spiro atoms. The first-order chi connectivity index (χ1) is 5.68. The Labute approximate surface area is 65.9 Å². The lowest BCUT2D eigenvalue weighted by Gasteiger charge is -1.92. The van der Waals surface area contributed by atoms with Gasteiger partial charge in [0, 0.05) is 7.05 Å². The predicted molar refractivity (Wildman–Crippen MR) is 36.2 cm³/mol. The SMILES string of the molecule is Cn1cnc2c(F)nc(F)nc21. The van der Waals surface area contributed by atoms with Crippen molar-refractivity contribution in [2.24, 2.45) is 7.05 Å². The topological polar surface area (TPSA) is 43.6 Å². The highest BCUT2D eigenvalue weighted by atomic mass is 19.1. The summed E-state index contributed by atoms with van der Waals surface area (Å²) in [4.78, 5) is 9.93. The van der Waals surface area contributed by atoms with Gasteiger partial charge in [-0.15, -0.1) is 0 Å². The normalized spacial score (nSPS) is 10.9. The molecule has 0 aliphatic heterocycles. The third kappa shape index (κ3) is 0.843. The van der Waals surface area contributed by atoms with Crippen molar-refractivity contribution in [2.75, 3.05) is 0 Å². The highest BCUT2D eigenvalue weighted by Crippen LogP contribution is 2.10. The Morgan fingerprint density at radius 3 is 2.83 bits per heavy atom. The first-order valence-electron chi connectivity index (χ1n) is 3.18. The predicted octanol–water partition coefficient (Wildman–Crippen LogP) is 0.641. The van der Waals surface area contributed by atoms with E-state index in [1.807, 2.05) is 0 Å². The number of rotatable bonds is 0. The Morgan fingerprint density at radius 1 is 1.33 bits per heavy atom. The molecule has 4 nitrogen and oxygen atoms in total. The van der Waals surface area contributed by atoms with E-state index in [9.17, 15) is 8.78 Å².